The highest BCUT2D eigenvalue weighted by atomic mass is 16.3. The molecule has 0 atom stereocenters. The first-order valence-electron chi connectivity index (χ1n) is 9.59. The normalized spacial score (nSPS) is 14.1. The first-order valence-corrected chi connectivity index (χ1v) is 9.59. The Morgan fingerprint density at radius 1 is 1.10 bits per heavy atom. The molecule has 3 aromatic rings. The van der Waals surface area contributed by atoms with Crippen LogP contribution in [0.1, 0.15) is 15.9 Å². The van der Waals surface area contributed by atoms with Crippen LogP contribution >= 0.6 is 0 Å². The lowest BCUT2D eigenvalue weighted by atomic mass is 10.0. The van der Waals surface area contributed by atoms with Gasteiger partial charge in [0.25, 0.3) is 5.91 Å². The molecular weight excluding hydrogens is 380 g/mol. The van der Waals surface area contributed by atoms with Crippen LogP contribution in [-0.4, -0.2) is 51.0 Å². The van der Waals surface area contributed by atoms with E-state index in [0.717, 1.165) is 17.7 Å². The number of phenolic OH excluding ortho intramolecular Hbond substituents is 1. The number of nitrogens with one attached hydrogen (secondary N) is 1. The van der Waals surface area contributed by atoms with Gasteiger partial charge in [-0.15, -0.1) is 0 Å². The molecule has 1 aromatic heterocycles. The van der Waals surface area contributed by atoms with Gasteiger partial charge in [-0.2, -0.15) is 4.98 Å². The molecule has 2 N–H and O–H groups in total. The van der Waals surface area contributed by atoms with Crippen molar-refractivity contribution in [2.45, 2.75) is 6.92 Å². The van der Waals surface area contributed by atoms with Crippen LogP contribution in [0.3, 0.4) is 0 Å². The Balaban J connectivity index is 1.63. The van der Waals surface area contributed by atoms with Crippen LogP contribution in [0, 0.1) is 6.92 Å². The summed E-state index contributed by atoms with van der Waals surface area (Å²) in [5, 5.41) is 9.73. The predicted molar refractivity (Wildman–Crippen MR) is 115 cm³/mol. The molecule has 2 heterocycles. The lowest BCUT2D eigenvalue weighted by Gasteiger charge is -2.28. The number of aromatic amines is 1. The van der Waals surface area contributed by atoms with Crippen LogP contribution in [-0.2, 0) is 0 Å². The molecule has 0 saturated heterocycles. The quantitative estimate of drug-likeness (QED) is 0.703. The molecular formula is C23H22N4O3. The summed E-state index contributed by atoms with van der Waals surface area (Å²) in [6.45, 7) is 3.16. The molecule has 0 spiro atoms. The highest BCUT2D eigenvalue weighted by molar-refractivity contribution is 5.95. The zero-order valence-corrected chi connectivity index (χ0v) is 16.8. The van der Waals surface area contributed by atoms with E-state index in [1.54, 1.807) is 48.2 Å². The Kier molecular flexibility index (Phi) is 5.20. The highest BCUT2D eigenvalue weighted by Crippen LogP contribution is 2.26. The molecule has 4 rings (SSSR count). The number of hydrogen-bond acceptors (Lipinski definition) is 5. The van der Waals surface area contributed by atoms with E-state index >= 15 is 0 Å². The smallest absolute Gasteiger partial charge is 0.345 e. The Labute approximate surface area is 173 Å². The van der Waals surface area contributed by atoms with Gasteiger partial charge in [-0.25, -0.2) is 4.79 Å². The molecule has 30 heavy (non-hydrogen) atoms. The second-order valence-corrected chi connectivity index (χ2v) is 7.40. The number of likely N-dealkylation sites (N-methyl/N-ethyl adjacent to an activating group) is 1. The standard InChI is InChI=1S/C23H22N4O3/c1-15-12-18(8-9-21(15)28)20-13-19(24-23(30)25-20)16-4-6-17(7-5-16)22(29)27-11-3-10-26(2)14-27/h3-9,11-13,28H,10,14H2,1-2H3,(H,24,25,30). The van der Waals surface area contributed by atoms with Crippen molar-refractivity contribution >= 4 is 5.91 Å². The van der Waals surface area contributed by atoms with Crippen LogP contribution in [0.4, 0.5) is 0 Å². The second-order valence-electron chi connectivity index (χ2n) is 7.40. The van der Waals surface area contributed by atoms with Crippen molar-refractivity contribution in [1.82, 2.24) is 19.8 Å². The maximum Gasteiger partial charge on any atom is 0.345 e. The number of amides is 1. The minimum Gasteiger partial charge on any atom is -0.508 e. The molecule has 0 fully saturated rings. The Morgan fingerprint density at radius 2 is 1.83 bits per heavy atom. The molecule has 0 bridgehead atoms. The Bertz CT molecular complexity index is 1180. The molecule has 7 nitrogen and oxygen atoms in total. The molecule has 0 saturated carbocycles. The van der Waals surface area contributed by atoms with Gasteiger partial charge in [-0.3, -0.25) is 9.69 Å². The van der Waals surface area contributed by atoms with Crippen molar-refractivity contribution in [3.63, 3.8) is 0 Å². The Hall–Kier alpha value is -3.71. The van der Waals surface area contributed by atoms with Crippen LogP contribution < -0.4 is 5.69 Å². The van der Waals surface area contributed by atoms with Crippen molar-refractivity contribution < 1.29 is 9.90 Å². The summed E-state index contributed by atoms with van der Waals surface area (Å²) in [6.07, 6.45) is 3.76. The summed E-state index contributed by atoms with van der Waals surface area (Å²) in [7, 11) is 1.96. The number of rotatable bonds is 3. The van der Waals surface area contributed by atoms with Gasteiger partial charge in [0.1, 0.15) is 5.75 Å². The van der Waals surface area contributed by atoms with Crippen LogP contribution in [0.2, 0.25) is 0 Å². The maximum atomic E-state index is 12.7. The molecule has 7 heteroatoms. The van der Waals surface area contributed by atoms with Gasteiger partial charge in [0, 0.05) is 23.9 Å². The van der Waals surface area contributed by atoms with Crippen molar-refractivity contribution in [3.8, 4) is 28.3 Å². The first-order chi connectivity index (χ1) is 14.4. The summed E-state index contributed by atoms with van der Waals surface area (Å²) in [4.78, 5) is 35.3. The number of aromatic hydroxyl groups is 1. The highest BCUT2D eigenvalue weighted by Gasteiger charge is 2.17. The molecule has 1 aliphatic heterocycles. The first kappa shape index (κ1) is 19.6. The average molecular weight is 402 g/mol. The van der Waals surface area contributed by atoms with E-state index < -0.39 is 5.69 Å². The molecule has 0 radical (unpaired) electrons. The SMILES string of the molecule is Cc1cc(-c2cc(-c3ccc(C(=O)N4C=CCN(C)C4)cc3)[nH]c(=O)n2)ccc1O. The third-order valence-electron chi connectivity index (χ3n) is 5.04. The Morgan fingerprint density at radius 3 is 2.53 bits per heavy atom. The minimum absolute atomic E-state index is 0.0761. The molecule has 152 valence electrons. The summed E-state index contributed by atoms with van der Waals surface area (Å²) in [6, 6.07) is 14.0. The van der Waals surface area contributed by atoms with Crippen LogP contribution in [0.5, 0.6) is 5.75 Å². The van der Waals surface area contributed by atoms with E-state index in [1.807, 2.05) is 36.4 Å². The van der Waals surface area contributed by atoms with Gasteiger partial charge in [0.15, 0.2) is 0 Å². The number of hydrogen-bond donors (Lipinski definition) is 2. The van der Waals surface area contributed by atoms with E-state index in [2.05, 4.69) is 9.97 Å². The van der Waals surface area contributed by atoms with Gasteiger partial charge >= 0.3 is 5.69 Å². The minimum atomic E-state index is -0.463. The summed E-state index contributed by atoms with van der Waals surface area (Å²) < 4.78 is 0. The molecule has 0 unspecified atom stereocenters. The van der Waals surface area contributed by atoms with Gasteiger partial charge in [-0.1, -0.05) is 18.2 Å². The van der Waals surface area contributed by atoms with Crippen molar-refractivity contribution in [2.24, 2.45) is 0 Å². The predicted octanol–water partition coefficient (Wildman–Crippen LogP) is 2.98. The second kappa shape index (κ2) is 7.96. The van der Waals surface area contributed by atoms with Crippen molar-refractivity contribution in [3.05, 3.63) is 82.4 Å². The van der Waals surface area contributed by atoms with Gasteiger partial charge in [-0.05, 0) is 61.5 Å². The fraction of sp³-hybridized carbons (Fsp3) is 0.174. The average Bonchev–Trinajstić information content (AvgIpc) is 2.75. The molecule has 2 aromatic carbocycles. The number of benzene rings is 2. The number of nitrogens with zero attached hydrogens (tertiary/aromatic N) is 3. The topological polar surface area (TPSA) is 89.5 Å². The number of aryl methyl sites for hydroxylation is 1. The number of carbonyl (C=O) groups excluding carboxylic acids is 1. The fourth-order valence-electron chi connectivity index (χ4n) is 3.39. The number of aromatic nitrogens is 2. The monoisotopic (exact) mass is 402 g/mol. The lowest BCUT2D eigenvalue weighted by Crippen LogP contribution is -2.39. The summed E-state index contributed by atoms with van der Waals surface area (Å²) in [5.74, 6) is 0.117. The van der Waals surface area contributed by atoms with E-state index in [0.29, 0.717) is 29.2 Å². The van der Waals surface area contributed by atoms with E-state index in [9.17, 15) is 14.7 Å². The molecule has 1 amide bonds. The van der Waals surface area contributed by atoms with Crippen molar-refractivity contribution in [1.29, 1.82) is 0 Å². The third kappa shape index (κ3) is 4.01. The van der Waals surface area contributed by atoms with Crippen LogP contribution in [0.15, 0.2) is 65.6 Å². The number of phenols is 1. The third-order valence-corrected chi connectivity index (χ3v) is 5.04. The zero-order valence-electron chi connectivity index (χ0n) is 16.8. The zero-order chi connectivity index (χ0) is 21.3. The van der Waals surface area contributed by atoms with Crippen molar-refractivity contribution in [2.75, 3.05) is 20.3 Å². The fourth-order valence-corrected chi connectivity index (χ4v) is 3.39. The molecule has 0 aliphatic carbocycles. The van der Waals surface area contributed by atoms with E-state index in [1.165, 1.54) is 0 Å². The van der Waals surface area contributed by atoms with Crippen LogP contribution in [0.25, 0.3) is 22.5 Å². The van der Waals surface area contributed by atoms with Gasteiger partial charge in [0.05, 0.1) is 18.1 Å². The molecule has 1 aliphatic rings. The number of carbonyl (C=O) groups is 1. The number of H-pyrrole nitrogens is 1. The lowest BCUT2D eigenvalue weighted by molar-refractivity contribution is 0.0740. The summed E-state index contributed by atoms with van der Waals surface area (Å²) >= 11 is 0. The maximum absolute atomic E-state index is 12.7. The largest absolute Gasteiger partial charge is 0.508 e. The van der Waals surface area contributed by atoms with E-state index in [-0.39, 0.29) is 11.7 Å². The van der Waals surface area contributed by atoms with E-state index in [4.69, 9.17) is 0 Å². The summed E-state index contributed by atoms with van der Waals surface area (Å²) in [5.41, 5.74) is 3.45. The van der Waals surface area contributed by atoms with Gasteiger partial charge < -0.3 is 15.0 Å². The van der Waals surface area contributed by atoms with Gasteiger partial charge in [0.2, 0.25) is 0 Å².